The highest BCUT2D eigenvalue weighted by atomic mass is 32.2. The second-order valence-electron chi connectivity index (χ2n) is 5.44. The van der Waals surface area contributed by atoms with Gasteiger partial charge in [-0.3, -0.25) is 0 Å². The van der Waals surface area contributed by atoms with E-state index in [4.69, 9.17) is 4.74 Å². The summed E-state index contributed by atoms with van der Waals surface area (Å²) in [6.07, 6.45) is 2.55. The molecule has 0 unspecified atom stereocenters. The third-order valence-electron chi connectivity index (χ3n) is 3.52. The summed E-state index contributed by atoms with van der Waals surface area (Å²) < 4.78 is 68.8. The Morgan fingerprint density at radius 2 is 1.80 bits per heavy atom. The van der Waals surface area contributed by atoms with Crippen molar-refractivity contribution in [1.29, 1.82) is 0 Å². The molecule has 8 heteroatoms. The number of halogens is 3. The van der Waals surface area contributed by atoms with Crippen LogP contribution in [0.1, 0.15) is 11.1 Å². The predicted octanol–water partition coefficient (Wildman–Crippen LogP) is 3.93. The minimum atomic E-state index is -5.70. The molecule has 132 valence electrons. The van der Waals surface area contributed by atoms with Crippen molar-refractivity contribution in [1.82, 2.24) is 0 Å². The van der Waals surface area contributed by atoms with Crippen molar-refractivity contribution in [2.45, 2.75) is 11.9 Å². The molecule has 3 rings (SSSR count). The molecule has 0 spiro atoms. The van der Waals surface area contributed by atoms with Crippen LogP contribution in [0.2, 0.25) is 0 Å². The average molecular weight is 370 g/mol. The number of rotatable bonds is 4. The normalized spacial score (nSPS) is 14.3. The number of alkyl halides is 3. The second kappa shape index (κ2) is 6.44. The molecular formula is C17H13F3O4S. The number of benzene rings is 2. The van der Waals surface area contributed by atoms with E-state index >= 15 is 0 Å². The first kappa shape index (κ1) is 17.3. The summed E-state index contributed by atoms with van der Waals surface area (Å²) in [6, 6.07) is 13.5. The van der Waals surface area contributed by atoms with Crippen molar-refractivity contribution in [2.75, 3.05) is 6.61 Å². The van der Waals surface area contributed by atoms with E-state index in [0.29, 0.717) is 12.0 Å². The van der Waals surface area contributed by atoms with Crippen LogP contribution < -0.4 is 8.92 Å². The maximum atomic E-state index is 12.4. The summed E-state index contributed by atoms with van der Waals surface area (Å²) in [7, 11) is -5.70. The van der Waals surface area contributed by atoms with E-state index in [9.17, 15) is 21.6 Å². The lowest BCUT2D eigenvalue weighted by atomic mass is 10.0. The van der Waals surface area contributed by atoms with Crippen LogP contribution in [0, 0.1) is 0 Å². The fourth-order valence-corrected chi connectivity index (χ4v) is 2.83. The van der Waals surface area contributed by atoms with Gasteiger partial charge in [0.05, 0.1) is 0 Å². The summed E-state index contributed by atoms with van der Waals surface area (Å²) in [5.41, 5.74) is -2.73. The van der Waals surface area contributed by atoms with Gasteiger partial charge < -0.3 is 8.92 Å². The highest BCUT2D eigenvalue weighted by Crippen LogP contribution is 2.33. The molecule has 0 saturated heterocycles. The van der Waals surface area contributed by atoms with E-state index in [2.05, 4.69) is 4.18 Å². The molecule has 0 N–H and O–H groups in total. The van der Waals surface area contributed by atoms with E-state index in [-0.39, 0.29) is 12.4 Å². The molecule has 1 aliphatic rings. The summed E-state index contributed by atoms with van der Waals surface area (Å²) in [5, 5.41) is 0. The molecule has 0 radical (unpaired) electrons. The monoisotopic (exact) mass is 370 g/mol. The predicted molar refractivity (Wildman–Crippen MR) is 85.7 cm³/mol. The first-order chi connectivity index (χ1) is 11.7. The first-order valence-corrected chi connectivity index (χ1v) is 8.66. The van der Waals surface area contributed by atoms with Gasteiger partial charge >= 0.3 is 15.6 Å². The minimum Gasteiger partial charge on any atom is -0.488 e. The van der Waals surface area contributed by atoms with Gasteiger partial charge in [0, 0.05) is 11.6 Å². The highest BCUT2D eigenvalue weighted by molar-refractivity contribution is 7.88. The SMILES string of the molecule is O=S(=O)(Oc1ccc2c(c1)OCC(Cc1ccccc1)=C2)C(F)(F)F. The van der Waals surface area contributed by atoms with Gasteiger partial charge in [0.15, 0.2) is 0 Å². The Morgan fingerprint density at radius 3 is 2.48 bits per heavy atom. The third kappa shape index (κ3) is 3.96. The summed E-state index contributed by atoms with van der Waals surface area (Å²) in [5.74, 6) is -0.178. The van der Waals surface area contributed by atoms with E-state index in [1.165, 1.54) is 6.07 Å². The van der Waals surface area contributed by atoms with Crippen LogP contribution in [-0.4, -0.2) is 20.5 Å². The molecule has 4 nitrogen and oxygen atoms in total. The molecule has 25 heavy (non-hydrogen) atoms. The summed E-state index contributed by atoms with van der Waals surface area (Å²) >= 11 is 0. The van der Waals surface area contributed by atoms with E-state index < -0.39 is 21.4 Å². The van der Waals surface area contributed by atoms with Gasteiger partial charge in [0.2, 0.25) is 0 Å². The van der Waals surface area contributed by atoms with E-state index in [0.717, 1.165) is 23.3 Å². The smallest absolute Gasteiger partial charge is 0.488 e. The van der Waals surface area contributed by atoms with E-state index in [1.807, 2.05) is 36.4 Å². The maximum absolute atomic E-state index is 12.4. The largest absolute Gasteiger partial charge is 0.534 e. The average Bonchev–Trinajstić information content (AvgIpc) is 2.54. The van der Waals surface area contributed by atoms with Crippen LogP contribution >= 0.6 is 0 Å². The van der Waals surface area contributed by atoms with Gasteiger partial charge in [-0.2, -0.15) is 21.6 Å². The van der Waals surface area contributed by atoms with Crippen LogP contribution in [0.15, 0.2) is 54.1 Å². The highest BCUT2D eigenvalue weighted by Gasteiger charge is 2.48. The van der Waals surface area contributed by atoms with Crippen LogP contribution in [0.5, 0.6) is 11.5 Å². The van der Waals surface area contributed by atoms with E-state index in [1.54, 1.807) is 0 Å². The zero-order valence-corrected chi connectivity index (χ0v) is 13.6. The molecule has 0 saturated carbocycles. The van der Waals surface area contributed by atoms with Gasteiger partial charge in [-0.15, -0.1) is 0 Å². The van der Waals surface area contributed by atoms with Gasteiger partial charge in [-0.25, -0.2) is 0 Å². The van der Waals surface area contributed by atoms with Crippen molar-refractivity contribution in [3.63, 3.8) is 0 Å². The fourth-order valence-electron chi connectivity index (χ4n) is 2.38. The Labute approximate surface area is 142 Å². The van der Waals surface area contributed by atoms with Gasteiger partial charge in [-0.1, -0.05) is 30.3 Å². The maximum Gasteiger partial charge on any atom is 0.534 e. The van der Waals surface area contributed by atoms with Crippen LogP contribution in [0.4, 0.5) is 13.2 Å². The van der Waals surface area contributed by atoms with Crippen LogP contribution in [0.3, 0.4) is 0 Å². The Hall–Kier alpha value is -2.48. The van der Waals surface area contributed by atoms with Crippen molar-refractivity contribution in [3.05, 3.63) is 65.2 Å². The van der Waals surface area contributed by atoms with Crippen molar-refractivity contribution in [2.24, 2.45) is 0 Å². The van der Waals surface area contributed by atoms with Crippen molar-refractivity contribution < 1.29 is 30.5 Å². The quantitative estimate of drug-likeness (QED) is 0.604. The van der Waals surface area contributed by atoms with Gasteiger partial charge in [-0.05, 0) is 35.8 Å². The second-order valence-corrected chi connectivity index (χ2v) is 6.97. The minimum absolute atomic E-state index is 0.261. The molecular weight excluding hydrogens is 357 g/mol. The summed E-state index contributed by atoms with van der Waals surface area (Å²) in [4.78, 5) is 0. The third-order valence-corrected chi connectivity index (χ3v) is 4.50. The first-order valence-electron chi connectivity index (χ1n) is 7.25. The topological polar surface area (TPSA) is 52.6 Å². The standard InChI is InChI=1S/C17H13F3O4S/c18-17(19,20)25(21,22)24-15-7-6-14-9-13(11-23-16(14)10-15)8-12-4-2-1-3-5-12/h1-7,9-10H,8,11H2. The number of ether oxygens (including phenoxy) is 1. The Morgan fingerprint density at radius 1 is 1.08 bits per heavy atom. The molecule has 0 bridgehead atoms. The molecule has 0 fully saturated rings. The van der Waals surface area contributed by atoms with Crippen molar-refractivity contribution in [3.8, 4) is 11.5 Å². The van der Waals surface area contributed by atoms with Crippen molar-refractivity contribution >= 4 is 16.2 Å². The lowest BCUT2D eigenvalue weighted by molar-refractivity contribution is -0.0500. The number of fused-ring (bicyclic) bond motifs is 1. The molecule has 0 aromatic heterocycles. The molecule has 1 heterocycles. The zero-order chi connectivity index (χ0) is 18.1. The Bertz CT molecular complexity index is 903. The molecule has 2 aromatic rings. The van der Waals surface area contributed by atoms with Gasteiger partial charge in [0.1, 0.15) is 18.1 Å². The van der Waals surface area contributed by atoms with Gasteiger partial charge in [0.25, 0.3) is 0 Å². The fraction of sp³-hybridized carbons (Fsp3) is 0.176. The Balaban J connectivity index is 1.79. The molecule has 0 aliphatic carbocycles. The molecule has 0 amide bonds. The van der Waals surface area contributed by atoms with Crippen LogP contribution in [-0.2, 0) is 16.5 Å². The Kier molecular flexibility index (Phi) is 4.47. The lowest BCUT2D eigenvalue weighted by Gasteiger charge is -2.19. The number of hydrogen-bond acceptors (Lipinski definition) is 4. The lowest BCUT2D eigenvalue weighted by Crippen LogP contribution is -2.28. The molecule has 0 atom stereocenters. The molecule has 1 aliphatic heterocycles. The number of hydrogen-bond donors (Lipinski definition) is 0. The summed E-state index contributed by atoms with van der Waals surface area (Å²) in [6.45, 7) is 0.261. The zero-order valence-electron chi connectivity index (χ0n) is 12.8. The van der Waals surface area contributed by atoms with Crippen LogP contribution in [0.25, 0.3) is 6.08 Å². The molecule has 2 aromatic carbocycles.